The van der Waals surface area contributed by atoms with Gasteiger partial charge < -0.3 is 11.1 Å². The second-order valence-corrected chi connectivity index (χ2v) is 4.43. The van der Waals surface area contributed by atoms with Crippen molar-refractivity contribution in [2.75, 3.05) is 11.9 Å². The second kappa shape index (κ2) is 6.07. The number of halogens is 3. The van der Waals surface area contributed by atoms with Crippen molar-refractivity contribution in [3.05, 3.63) is 28.2 Å². The summed E-state index contributed by atoms with van der Waals surface area (Å²) in [4.78, 5) is 11.7. The number of amides is 1. The van der Waals surface area contributed by atoms with Crippen molar-refractivity contribution in [2.45, 2.75) is 13.3 Å². The van der Waals surface area contributed by atoms with E-state index in [0.717, 1.165) is 6.07 Å². The summed E-state index contributed by atoms with van der Waals surface area (Å²) in [5, 5.41) is 2.40. The van der Waals surface area contributed by atoms with Gasteiger partial charge in [0.2, 0.25) is 5.91 Å². The van der Waals surface area contributed by atoms with Gasteiger partial charge in [0, 0.05) is 17.1 Å². The van der Waals surface area contributed by atoms with E-state index in [2.05, 4.69) is 21.2 Å². The van der Waals surface area contributed by atoms with Crippen molar-refractivity contribution in [2.24, 2.45) is 11.7 Å². The van der Waals surface area contributed by atoms with Crippen LogP contribution in [0, 0.1) is 17.6 Å². The Bertz CT molecular complexity index is 399. The first kappa shape index (κ1) is 14.1. The minimum absolute atomic E-state index is 0.0664. The minimum atomic E-state index is -0.822. The molecular formula is C11H13BrF2N2O. The van der Waals surface area contributed by atoms with Gasteiger partial charge in [-0.05, 0) is 28.4 Å². The molecule has 0 saturated carbocycles. The van der Waals surface area contributed by atoms with Crippen molar-refractivity contribution in [3.63, 3.8) is 0 Å². The molecule has 0 radical (unpaired) electrons. The lowest BCUT2D eigenvalue weighted by atomic mass is 10.1. The van der Waals surface area contributed by atoms with Gasteiger partial charge in [0.05, 0.1) is 11.6 Å². The highest BCUT2D eigenvalue weighted by Gasteiger charge is 2.18. The van der Waals surface area contributed by atoms with Gasteiger partial charge in [0.1, 0.15) is 5.82 Å². The fraction of sp³-hybridized carbons (Fsp3) is 0.364. The van der Waals surface area contributed by atoms with Crippen LogP contribution >= 0.6 is 15.9 Å². The first-order chi connectivity index (χ1) is 7.99. The van der Waals surface area contributed by atoms with Crippen LogP contribution in [0.25, 0.3) is 0 Å². The van der Waals surface area contributed by atoms with Gasteiger partial charge in [-0.2, -0.15) is 0 Å². The Labute approximate surface area is 107 Å². The molecule has 1 aromatic carbocycles. The Balaban J connectivity index is 2.92. The highest BCUT2D eigenvalue weighted by molar-refractivity contribution is 9.10. The van der Waals surface area contributed by atoms with Crippen LogP contribution in [0.4, 0.5) is 14.5 Å². The normalized spacial score (nSPS) is 12.3. The van der Waals surface area contributed by atoms with Gasteiger partial charge in [-0.15, -0.1) is 0 Å². The molecule has 0 aliphatic rings. The van der Waals surface area contributed by atoms with E-state index < -0.39 is 11.6 Å². The predicted octanol–water partition coefficient (Wildman–Crippen LogP) is 2.65. The number of hydrogen-bond donors (Lipinski definition) is 2. The van der Waals surface area contributed by atoms with E-state index in [9.17, 15) is 13.6 Å². The summed E-state index contributed by atoms with van der Waals surface area (Å²) >= 11 is 2.99. The number of nitrogens with one attached hydrogen (secondary N) is 1. The molecule has 1 aromatic rings. The Morgan fingerprint density at radius 1 is 1.53 bits per heavy atom. The zero-order valence-corrected chi connectivity index (χ0v) is 10.9. The molecule has 0 aliphatic carbocycles. The Morgan fingerprint density at radius 3 is 2.65 bits per heavy atom. The molecule has 1 atom stereocenters. The number of rotatable bonds is 4. The molecule has 0 bridgehead atoms. The Kier molecular flexibility index (Phi) is 5.02. The lowest BCUT2D eigenvalue weighted by Gasteiger charge is -2.14. The molecule has 17 heavy (non-hydrogen) atoms. The fourth-order valence-electron chi connectivity index (χ4n) is 1.35. The van der Waals surface area contributed by atoms with Crippen LogP contribution in [0.3, 0.4) is 0 Å². The topological polar surface area (TPSA) is 55.1 Å². The van der Waals surface area contributed by atoms with Crippen LogP contribution in [0.5, 0.6) is 0 Å². The molecule has 6 heteroatoms. The summed E-state index contributed by atoms with van der Waals surface area (Å²) in [5.74, 6) is -2.29. The van der Waals surface area contributed by atoms with E-state index in [-0.39, 0.29) is 28.5 Å². The standard InChI is InChI=1S/C11H13BrF2N2O/c1-2-6(5-15)11(17)16-10-8(12)3-7(13)4-9(10)14/h3-4,6H,2,5,15H2,1H3,(H,16,17). The van der Waals surface area contributed by atoms with Crippen LogP contribution in [0.2, 0.25) is 0 Å². The zero-order valence-electron chi connectivity index (χ0n) is 9.27. The Morgan fingerprint density at radius 2 is 2.18 bits per heavy atom. The van der Waals surface area contributed by atoms with E-state index in [1.165, 1.54) is 0 Å². The van der Waals surface area contributed by atoms with Crippen molar-refractivity contribution in [1.82, 2.24) is 0 Å². The highest BCUT2D eigenvalue weighted by atomic mass is 79.9. The van der Waals surface area contributed by atoms with Crippen LogP contribution in [-0.2, 0) is 4.79 Å². The van der Waals surface area contributed by atoms with Gasteiger partial charge >= 0.3 is 0 Å². The zero-order chi connectivity index (χ0) is 13.0. The summed E-state index contributed by atoms with van der Waals surface area (Å²) in [5.41, 5.74) is 5.35. The van der Waals surface area contributed by atoms with E-state index in [0.29, 0.717) is 12.5 Å². The highest BCUT2D eigenvalue weighted by Crippen LogP contribution is 2.27. The molecule has 0 fully saturated rings. The number of carbonyl (C=O) groups is 1. The predicted molar refractivity (Wildman–Crippen MR) is 65.5 cm³/mol. The molecule has 0 heterocycles. The fourth-order valence-corrected chi connectivity index (χ4v) is 1.85. The third-order valence-corrected chi connectivity index (χ3v) is 3.03. The molecule has 0 spiro atoms. The average Bonchev–Trinajstić information content (AvgIpc) is 2.25. The molecule has 0 saturated heterocycles. The van der Waals surface area contributed by atoms with Crippen LogP contribution in [0.1, 0.15) is 13.3 Å². The number of nitrogens with two attached hydrogens (primary N) is 1. The van der Waals surface area contributed by atoms with Crippen molar-refractivity contribution in [1.29, 1.82) is 0 Å². The lowest BCUT2D eigenvalue weighted by molar-refractivity contribution is -0.119. The number of hydrogen-bond acceptors (Lipinski definition) is 2. The van der Waals surface area contributed by atoms with E-state index in [4.69, 9.17) is 5.73 Å². The summed E-state index contributed by atoms with van der Waals surface area (Å²) in [6.07, 6.45) is 0.558. The molecule has 3 N–H and O–H groups in total. The number of benzene rings is 1. The van der Waals surface area contributed by atoms with Crippen molar-refractivity contribution >= 4 is 27.5 Å². The van der Waals surface area contributed by atoms with E-state index >= 15 is 0 Å². The molecule has 0 aliphatic heterocycles. The lowest BCUT2D eigenvalue weighted by Crippen LogP contribution is -2.29. The number of anilines is 1. The summed E-state index contributed by atoms with van der Waals surface area (Å²) < 4.78 is 26.4. The third kappa shape index (κ3) is 3.47. The van der Waals surface area contributed by atoms with E-state index in [1.54, 1.807) is 0 Å². The SMILES string of the molecule is CCC(CN)C(=O)Nc1c(F)cc(F)cc1Br. The summed E-state index contributed by atoms with van der Waals surface area (Å²) in [6.45, 7) is 2.00. The quantitative estimate of drug-likeness (QED) is 0.898. The van der Waals surface area contributed by atoms with Gasteiger partial charge in [-0.1, -0.05) is 6.92 Å². The van der Waals surface area contributed by atoms with Crippen molar-refractivity contribution < 1.29 is 13.6 Å². The van der Waals surface area contributed by atoms with E-state index in [1.807, 2.05) is 6.92 Å². The van der Waals surface area contributed by atoms with Gasteiger partial charge in [-0.25, -0.2) is 8.78 Å². The monoisotopic (exact) mass is 306 g/mol. The summed E-state index contributed by atoms with van der Waals surface area (Å²) in [6, 6.07) is 1.80. The minimum Gasteiger partial charge on any atom is -0.330 e. The third-order valence-electron chi connectivity index (χ3n) is 2.40. The molecular weight excluding hydrogens is 294 g/mol. The molecule has 1 unspecified atom stereocenters. The average molecular weight is 307 g/mol. The summed E-state index contributed by atoms with van der Waals surface area (Å²) in [7, 11) is 0. The molecule has 3 nitrogen and oxygen atoms in total. The van der Waals surface area contributed by atoms with Crippen LogP contribution in [-0.4, -0.2) is 12.5 Å². The second-order valence-electron chi connectivity index (χ2n) is 3.57. The molecule has 1 rings (SSSR count). The molecule has 1 amide bonds. The largest absolute Gasteiger partial charge is 0.330 e. The first-order valence-electron chi connectivity index (χ1n) is 5.15. The Hall–Kier alpha value is -1.01. The maximum Gasteiger partial charge on any atom is 0.228 e. The number of carbonyl (C=O) groups excluding carboxylic acids is 1. The van der Waals surface area contributed by atoms with Crippen LogP contribution in [0.15, 0.2) is 16.6 Å². The molecule has 0 aromatic heterocycles. The van der Waals surface area contributed by atoms with Crippen molar-refractivity contribution in [3.8, 4) is 0 Å². The maximum atomic E-state index is 13.4. The van der Waals surface area contributed by atoms with Gasteiger partial charge in [-0.3, -0.25) is 4.79 Å². The smallest absolute Gasteiger partial charge is 0.228 e. The maximum absolute atomic E-state index is 13.4. The van der Waals surface area contributed by atoms with Gasteiger partial charge in [0.25, 0.3) is 0 Å². The van der Waals surface area contributed by atoms with Crippen LogP contribution < -0.4 is 11.1 Å². The van der Waals surface area contributed by atoms with Gasteiger partial charge in [0.15, 0.2) is 5.82 Å². The first-order valence-corrected chi connectivity index (χ1v) is 5.94. The molecule has 94 valence electrons.